The van der Waals surface area contributed by atoms with Gasteiger partial charge >= 0.3 is 0 Å². The standard InChI is InChI=1S/C11H20BrNO2/c1-13(7-10(12)8-15-2)11(14)9-5-3-4-6-9/h9-10H,3-8H2,1-2H3. The van der Waals surface area contributed by atoms with Gasteiger partial charge < -0.3 is 9.64 Å². The molecule has 0 aromatic rings. The lowest BCUT2D eigenvalue weighted by Gasteiger charge is -2.23. The Morgan fingerprint density at radius 3 is 2.67 bits per heavy atom. The SMILES string of the molecule is COCC(Br)CN(C)C(=O)C1CCCC1. The molecule has 1 saturated carbocycles. The fraction of sp³-hybridized carbons (Fsp3) is 0.909. The van der Waals surface area contributed by atoms with Crippen molar-refractivity contribution >= 4 is 21.8 Å². The van der Waals surface area contributed by atoms with Gasteiger partial charge in [0.15, 0.2) is 0 Å². The van der Waals surface area contributed by atoms with E-state index in [0.717, 1.165) is 19.4 Å². The maximum Gasteiger partial charge on any atom is 0.225 e. The number of methoxy groups -OCH3 is 1. The Morgan fingerprint density at radius 2 is 2.13 bits per heavy atom. The van der Waals surface area contributed by atoms with Gasteiger partial charge in [-0.3, -0.25) is 4.79 Å². The Labute approximate surface area is 100 Å². The van der Waals surface area contributed by atoms with E-state index < -0.39 is 0 Å². The van der Waals surface area contributed by atoms with Gasteiger partial charge in [0.1, 0.15) is 0 Å². The molecule has 1 aliphatic carbocycles. The van der Waals surface area contributed by atoms with E-state index in [1.54, 1.807) is 7.11 Å². The lowest BCUT2D eigenvalue weighted by atomic mass is 10.1. The van der Waals surface area contributed by atoms with Gasteiger partial charge in [-0.05, 0) is 12.8 Å². The average molecular weight is 278 g/mol. The summed E-state index contributed by atoms with van der Waals surface area (Å²) >= 11 is 3.50. The summed E-state index contributed by atoms with van der Waals surface area (Å²) in [7, 11) is 3.55. The molecule has 0 radical (unpaired) electrons. The first kappa shape index (κ1) is 13.0. The number of halogens is 1. The largest absolute Gasteiger partial charge is 0.383 e. The minimum Gasteiger partial charge on any atom is -0.383 e. The molecule has 4 heteroatoms. The Kier molecular flexibility index (Phi) is 5.61. The summed E-state index contributed by atoms with van der Waals surface area (Å²) in [5, 5.41) is 0. The number of carbonyl (C=O) groups is 1. The minimum absolute atomic E-state index is 0.234. The summed E-state index contributed by atoms with van der Waals surface area (Å²) in [6, 6.07) is 0. The lowest BCUT2D eigenvalue weighted by molar-refractivity contribution is -0.134. The third kappa shape index (κ3) is 4.11. The zero-order chi connectivity index (χ0) is 11.3. The highest BCUT2D eigenvalue weighted by molar-refractivity contribution is 9.09. The average Bonchev–Trinajstić information content (AvgIpc) is 2.69. The van der Waals surface area contributed by atoms with E-state index >= 15 is 0 Å². The van der Waals surface area contributed by atoms with E-state index in [9.17, 15) is 4.79 Å². The third-order valence-corrected chi connectivity index (χ3v) is 3.45. The quantitative estimate of drug-likeness (QED) is 0.720. The number of hydrogen-bond acceptors (Lipinski definition) is 2. The summed E-state index contributed by atoms with van der Waals surface area (Å²) in [5.41, 5.74) is 0. The number of ether oxygens (including phenoxy) is 1. The van der Waals surface area contributed by atoms with Crippen LogP contribution in [0.5, 0.6) is 0 Å². The summed E-state index contributed by atoms with van der Waals surface area (Å²) in [5.74, 6) is 0.574. The molecule has 1 unspecified atom stereocenters. The van der Waals surface area contributed by atoms with Crippen LogP contribution in [0.15, 0.2) is 0 Å². The van der Waals surface area contributed by atoms with Crippen molar-refractivity contribution in [2.24, 2.45) is 5.92 Å². The molecule has 0 bridgehead atoms. The van der Waals surface area contributed by atoms with Gasteiger partial charge in [-0.25, -0.2) is 0 Å². The summed E-state index contributed by atoms with van der Waals surface area (Å²) in [6.45, 7) is 1.37. The maximum absolute atomic E-state index is 11.9. The number of carbonyl (C=O) groups excluding carboxylic acids is 1. The summed E-state index contributed by atoms with van der Waals surface area (Å²) in [4.78, 5) is 14.0. The number of alkyl halides is 1. The second-order valence-corrected chi connectivity index (χ2v) is 5.55. The summed E-state index contributed by atoms with van der Waals surface area (Å²) in [6.07, 6.45) is 4.56. The molecule has 0 heterocycles. The predicted molar refractivity (Wildman–Crippen MR) is 64.2 cm³/mol. The fourth-order valence-electron chi connectivity index (χ4n) is 2.11. The van der Waals surface area contributed by atoms with Crippen LogP contribution in [-0.4, -0.2) is 42.9 Å². The van der Waals surface area contributed by atoms with Crippen molar-refractivity contribution in [3.05, 3.63) is 0 Å². The molecule has 1 aliphatic rings. The van der Waals surface area contributed by atoms with Crippen LogP contribution >= 0.6 is 15.9 Å². The van der Waals surface area contributed by atoms with Gasteiger partial charge in [-0.15, -0.1) is 0 Å². The monoisotopic (exact) mass is 277 g/mol. The molecule has 0 N–H and O–H groups in total. The van der Waals surface area contributed by atoms with Crippen LogP contribution in [0.25, 0.3) is 0 Å². The van der Waals surface area contributed by atoms with E-state index in [4.69, 9.17) is 4.74 Å². The topological polar surface area (TPSA) is 29.5 Å². The van der Waals surface area contributed by atoms with Gasteiger partial charge in [0.25, 0.3) is 0 Å². The Balaban J connectivity index is 2.31. The van der Waals surface area contributed by atoms with Crippen molar-refractivity contribution in [1.82, 2.24) is 4.90 Å². The zero-order valence-corrected chi connectivity index (χ0v) is 11.1. The zero-order valence-electron chi connectivity index (χ0n) is 9.54. The van der Waals surface area contributed by atoms with Crippen LogP contribution in [0.4, 0.5) is 0 Å². The maximum atomic E-state index is 11.9. The lowest BCUT2D eigenvalue weighted by Crippen LogP contribution is -2.37. The molecule has 0 saturated heterocycles. The van der Waals surface area contributed by atoms with Crippen LogP contribution in [0.3, 0.4) is 0 Å². The normalized spacial score (nSPS) is 19.1. The minimum atomic E-state index is 0.234. The molecule has 1 amide bonds. The van der Waals surface area contributed by atoms with E-state index in [-0.39, 0.29) is 10.7 Å². The highest BCUT2D eigenvalue weighted by atomic mass is 79.9. The molecule has 3 nitrogen and oxygen atoms in total. The van der Waals surface area contributed by atoms with Crippen LogP contribution < -0.4 is 0 Å². The second kappa shape index (κ2) is 6.48. The molecule has 1 atom stereocenters. The van der Waals surface area contributed by atoms with Gasteiger partial charge in [-0.2, -0.15) is 0 Å². The van der Waals surface area contributed by atoms with Crippen LogP contribution in [0.1, 0.15) is 25.7 Å². The van der Waals surface area contributed by atoms with E-state index in [0.29, 0.717) is 12.5 Å². The molecule has 15 heavy (non-hydrogen) atoms. The van der Waals surface area contributed by atoms with Gasteiger partial charge in [0, 0.05) is 26.6 Å². The van der Waals surface area contributed by atoms with Crippen molar-refractivity contribution in [3.63, 3.8) is 0 Å². The number of amides is 1. The van der Waals surface area contributed by atoms with E-state index in [1.807, 2.05) is 11.9 Å². The molecule has 1 fully saturated rings. The van der Waals surface area contributed by atoms with Crippen molar-refractivity contribution in [2.45, 2.75) is 30.5 Å². The summed E-state index contributed by atoms with van der Waals surface area (Å²) < 4.78 is 5.02. The molecule has 0 aromatic heterocycles. The van der Waals surface area contributed by atoms with Gasteiger partial charge in [-0.1, -0.05) is 28.8 Å². The molecular formula is C11H20BrNO2. The highest BCUT2D eigenvalue weighted by Crippen LogP contribution is 2.26. The van der Waals surface area contributed by atoms with Crippen molar-refractivity contribution in [2.75, 3.05) is 27.3 Å². The fourth-order valence-corrected chi connectivity index (χ4v) is 2.80. The molecule has 0 aliphatic heterocycles. The van der Waals surface area contributed by atoms with E-state index in [1.165, 1.54) is 12.8 Å². The van der Waals surface area contributed by atoms with Gasteiger partial charge in [0.2, 0.25) is 5.91 Å². The van der Waals surface area contributed by atoms with Gasteiger partial charge in [0.05, 0.1) is 11.4 Å². The molecular weight excluding hydrogens is 258 g/mol. The Bertz CT molecular complexity index is 205. The predicted octanol–water partition coefficient (Wildman–Crippen LogP) is 2.04. The Hall–Kier alpha value is -0.0900. The van der Waals surface area contributed by atoms with Crippen molar-refractivity contribution in [1.29, 1.82) is 0 Å². The first-order valence-electron chi connectivity index (χ1n) is 5.53. The highest BCUT2D eigenvalue weighted by Gasteiger charge is 2.26. The smallest absolute Gasteiger partial charge is 0.225 e. The number of nitrogens with zero attached hydrogens (tertiary/aromatic N) is 1. The van der Waals surface area contributed by atoms with Crippen LogP contribution in [-0.2, 0) is 9.53 Å². The number of hydrogen-bond donors (Lipinski definition) is 0. The van der Waals surface area contributed by atoms with Crippen molar-refractivity contribution < 1.29 is 9.53 Å². The third-order valence-electron chi connectivity index (χ3n) is 2.90. The first-order valence-corrected chi connectivity index (χ1v) is 6.44. The Morgan fingerprint density at radius 1 is 1.53 bits per heavy atom. The molecule has 0 aromatic carbocycles. The first-order chi connectivity index (χ1) is 7.15. The van der Waals surface area contributed by atoms with E-state index in [2.05, 4.69) is 15.9 Å². The second-order valence-electron chi connectivity index (χ2n) is 4.25. The number of rotatable bonds is 5. The van der Waals surface area contributed by atoms with Crippen LogP contribution in [0, 0.1) is 5.92 Å². The molecule has 1 rings (SSSR count). The van der Waals surface area contributed by atoms with Crippen LogP contribution in [0.2, 0.25) is 0 Å². The molecule has 88 valence electrons. The van der Waals surface area contributed by atoms with Crippen molar-refractivity contribution in [3.8, 4) is 0 Å². The molecule has 0 spiro atoms.